The number of hydrogen-bond donors (Lipinski definition) is 2. The standard InChI is InChI=1S/C11H20N2O3/c1-8(2)16-10(14)5-7-13-11(15)9-4-3-6-12-9/h8-9,12H,3-7H2,1-2H3,(H,13,15). The van der Waals surface area contributed by atoms with Gasteiger partial charge in [0.1, 0.15) is 0 Å². The van der Waals surface area contributed by atoms with E-state index in [-0.39, 0.29) is 30.4 Å². The predicted octanol–water partition coefficient (Wildman–Crippen LogP) is 0.196. The van der Waals surface area contributed by atoms with E-state index in [2.05, 4.69) is 10.6 Å². The first kappa shape index (κ1) is 13.0. The number of ether oxygens (including phenoxy) is 1. The summed E-state index contributed by atoms with van der Waals surface area (Å²) in [6.45, 7) is 4.86. The van der Waals surface area contributed by atoms with Crippen molar-refractivity contribution in [3.63, 3.8) is 0 Å². The second kappa shape index (κ2) is 6.48. The zero-order valence-electron chi connectivity index (χ0n) is 9.91. The van der Waals surface area contributed by atoms with Crippen molar-refractivity contribution < 1.29 is 14.3 Å². The quantitative estimate of drug-likeness (QED) is 0.659. The highest BCUT2D eigenvalue weighted by Crippen LogP contribution is 2.04. The number of rotatable bonds is 5. The Morgan fingerprint density at radius 3 is 2.81 bits per heavy atom. The van der Waals surface area contributed by atoms with Crippen LogP contribution in [0.25, 0.3) is 0 Å². The smallest absolute Gasteiger partial charge is 0.307 e. The Hall–Kier alpha value is -1.10. The van der Waals surface area contributed by atoms with Crippen LogP contribution in [0, 0.1) is 0 Å². The fourth-order valence-corrected chi connectivity index (χ4v) is 1.64. The number of carbonyl (C=O) groups is 2. The summed E-state index contributed by atoms with van der Waals surface area (Å²) in [7, 11) is 0. The van der Waals surface area contributed by atoms with Crippen molar-refractivity contribution in [1.29, 1.82) is 0 Å². The monoisotopic (exact) mass is 228 g/mol. The Labute approximate surface area is 95.9 Å². The van der Waals surface area contributed by atoms with Gasteiger partial charge in [-0.15, -0.1) is 0 Å². The van der Waals surface area contributed by atoms with Crippen LogP contribution in [0.2, 0.25) is 0 Å². The van der Waals surface area contributed by atoms with E-state index in [0.717, 1.165) is 19.4 Å². The molecule has 0 aromatic carbocycles. The van der Waals surface area contributed by atoms with Gasteiger partial charge in [-0.1, -0.05) is 0 Å². The molecule has 0 aromatic rings. The Kier molecular flexibility index (Phi) is 5.25. The summed E-state index contributed by atoms with van der Waals surface area (Å²) in [6.07, 6.45) is 2.05. The highest BCUT2D eigenvalue weighted by Gasteiger charge is 2.21. The molecule has 0 bridgehead atoms. The predicted molar refractivity (Wildman–Crippen MR) is 59.9 cm³/mol. The average molecular weight is 228 g/mol. The molecule has 1 unspecified atom stereocenters. The molecule has 1 fully saturated rings. The zero-order valence-corrected chi connectivity index (χ0v) is 9.91. The van der Waals surface area contributed by atoms with Gasteiger partial charge in [-0.25, -0.2) is 0 Å². The Balaban J connectivity index is 2.10. The topological polar surface area (TPSA) is 67.4 Å². The van der Waals surface area contributed by atoms with E-state index in [0.29, 0.717) is 6.54 Å². The summed E-state index contributed by atoms with van der Waals surface area (Å²) < 4.78 is 4.95. The molecular weight excluding hydrogens is 208 g/mol. The van der Waals surface area contributed by atoms with Crippen molar-refractivity contribution in [3.05, 3.63) is 0 Å². The minimum Gasteiger partial charge on any atom is -0.463 e. The van der Waals surface area contributed by atoms with E-state index in [1.54, 1.807) is 13.8 Å². The summed E-state index contributed by atoms with van der Waals surface area (Å²) in [4.78, 5) is 22.7. The van der Waals surface area contributed by atoms with Gasteiger partial charge in [-0.05, 0) is 33.2 Å². The number of esters is 1. The molecule has 1 atom stereocenters. The molecule has 0 saturated carbocycles. The summed E-state index contributed by atoms with van der Waals surface area (Å²) in [5.74, 6) is -0.287. The first-order valence-corrected chi connectivity index (χ1v) is 5.80. The van der Waals surface area contributed by atoms with Gasteiger partial charge >= 0.3 is 5.97 Å². The average Bonchev–Trinajstić information content (AvgIpc) is 2.68. The van der Waals surface area contributed by atoms with Gasteiger partial charge in [0.15, 0.2) is 0 Å². The van der Waals surface area contributed by atoms with Crippen molar-refractivity contribution in [2.45, 2.75) is 45.3 Å². The third-order valence-electron chi connectivity index (χ3n) is 2.37. The molecule has 1 aliphatic heterocycles. The molecule has 5 heteroatoms. The third kappa shape index (κ3) is 4.61. The molecule has 16 heavy (non-hydrogen) atoms. The second-order valence-electron chi connectivity index (χ2n) is 4.23. The fourth-order valence-electron chi connectivity index (χ4n) is 1.64. The second-order valence-corrected chi connectivity index (χ2v) is 4.23. The van der Waals surface area contributed by atoms with Crippen LogP contribution in [0.15, 0.2) is 0 Å². The highest BCUT2D eigenvalue weighted by molar-refractivity contribution is 5.82. The van der Waals surface area contributed by atoms with Gasteiger partial charge in [0.25, 0.3) is 0 Å². The van der Waals surface area contributed by atoms with Crippen LogP contribution in [0.4, 0.5) is 0 Å². The highest BCUT2D eigenvalue weighted by atomic mass is 16.5. The Morgan fingerprint density at radius 2 is 2.25 bits per heavy atom. The first-order chi connectivity index (χ1) is 7.59. The zero-order chi connectivity index (χ0) is 12.0. The molecular formula is C11H20N2O3. The molecule has 1 aliphatic rings. The van der Waals surface area contributed by atoms with Crippen LogP contribution < -0.4 is 10.6 Å². The SMILES string of the molecule is CC(C)OC(=O)CCNC(=O)C1CCCN1. The van der Waals surface area contributed by atoms with Crippen LogP contribution in [-0.4, -0.2) is 37.1 Å². The van der Waals surface area contributed by atoms with E-state index < -0.39 is 0 Å². The number of hydrogen-bond acceptors (Lipinski definition) is 4. The summed E-state index contributed by atoms with van der Waals surface area (Å²) in [6, 6.07) is -0.0823. The van der Waals surface area contributed by atoms with Crippen LogP contribution in [-0.2, 0) is 14.3 Å². The van der Waals surface area contributed by atoms with Gasteiger partial charge in [0, 0.05) is 6.54 Å². The van der Waals surface area contributed by atoms with Crippen molar-refractivity contribution in [1.82, 2.24) is 10.6 Å². The van der Waals surface area contributed by atoms with Gasteiger partial charge in [-0.2, -0.15) is 0 Å². The van der Waals surface area contributed by atoms with Gasteiger partial charge < -0.3 is 15.4 Å². The van der Waals surface area contributed by atoms with Crippen molar-refractivity contribution in [2.24, 2.45) is 0 Å². The summed E-state index contributed by atoms with van der Waals surface area (Å²) in [5, 5.41) is 5.82. The Bertz CT molecular complexity index is 248. The minimum absolute atomic E-state index is 0.0187. The molecule has 1 saturated heterocycles. The summed E-state index contributed by atoms with van der Waals surface area (Å²) in [5.41, 5.74) is 0. The van der Waals surface area contributed by atoms with E-state index in [4.69, 9.17) is 4.74 Å². The number of nitrogens with one attached hydrogen (secondary N) is 2. The van der Waals surface area contributed by atoms with E-state index in [9.17, 15) is 9.59 Å². The third-order valence-corrected chi connectivity index (χ3v) is 2.37. The molecule has 1 rings (SSSR count). The minimum atomic E-state index is -0.269. The van der Waals surface area contributed by atoms with E-state index in [1.165, 1.54) is 0 Å². The lowest BCUT2D eigenvalue weighted by Crippen LogP contribution is -2.41. The maximum Gasteiger partial charge on any atom is 0.307 e. The first-order valence-electron chi connectivity index (χ1n) is 5.80. The largest absolute Gasteiger partial charge is 0.463 e. The molecule has 0 spiro atoms. The normalized spacial score (nSPS) is 19.8. The van der Waals surface area contributed by atoms with Gasteiger partial charge in [0.2, 0.25) is 5.91 Å². The van der Waals surface area contributed by atoms with Crippen LogP contribution in [0.1, 0.15) is 33.1 Å². The fraction of sp³-hybridized carbons (Fsp3) is 0.818. The molecule has 5 nitrogen and oxygen atoms in total. The molecule has 92 valence electrons. The molecule has 2 N–H and O–H groups in total. The maximum atomic E-state index is 11.5. The molecule has 0 radical (unpaired) electrons. The lowest BCUT2D eigenvalue weighted by atomic mass is 10.2. The van der Waals surface area contributed by atoms with Gasteiger partial charge in [0.05, 0.1) is 18.6 Å². The lowest BCUT2D eigenvalue weighted by molar-refractivity contribution is -0.147. The van der Waals surface area contributed by atoms with Crippen LogP contribution >= 0.6 is 0 Å². The van der Waals surface area contributed by atoms with Crippen molar-refractivity contribution >= 4 is 11.9 Å². The maximum absolute atomic E-state index is 11.5. The molecule has 1 heterocycles. The van der Waals surface area contributed by atoms with Crippen LogP contribution in [0.5, 0.6) is 0 Å². The lowest BCUT2D eigenvalue weighted by Gasteiger charge is -2.11. The Morgan fingerprint density at radius 1 is 1.50 bits per heavy atom. The van der Waals surface area contributed by atoms with E-state index >= 15 is 0 Å². The summed E-state index contributed by atoms with van der Waals surface area (Å²) >= 11 is 0. The van der Waals surface area contributed by atoms with Crippen molar-refractivity contribution in [2.75, 3.05) is 13.1 Å². The number of carbonyl (C=O) groups excluding carboxylic acids is 2. The van der Waals surface area contributed by atoms with E-state index in [1.807, 2.05) is 0 Å². The van der Waals surface area contributed by atoms with Crippen molar-refractivity contribution in [3.8, 4) is 0 Å². The molecule has 0 aliphatic carbocycles. The van der Waals surface area contributed by atoms with Crippen LogP contribution in [0.3, 0.4) is 0 Å². The number of amides is 1. The molecule has 1 amide bonds. The van der Waals surface area contributed by atoms with Gasteiger partial charge in [-0.3, -0.25) is 9.59 Å². The molecule has 0 aromatic heterocycles.